The molecule has 0 amide bonds. The molecule has 0 aliphatic rings. The first kappa shape index (κ1) is 8.06. The van der Waals surface area contributed by atoms with Crippen molar-refractivity contribution < 1.29 is 9.53 Å². The topological polar surface area (TPSA) is 65.0 Å². The number of hydrogen-bond acceptors (Lipinski definition) is 6. The van der Waals surface area contributed by atoms with Crippen LogP contribution in [0.3, 0.4) is 0 Å². The van der Waals surface area contributed by atoms with Crippen molar-refractivity contribution in [2.45, 2.75) is 0 Å². The van der Waals surface area contributed by atoms with Crippen LogP contribution in [0.4, 0.5) is 0 Å². The van der Waals surface area contributed by atoms with Gasteiger partial charge >= 0.3 is 5.97 Å². The van der Waals surface area contributed by atoms with Gasteiger partial charge in [-0.2, -0.15) is 0 Å². The molecule has 13 heavy (non-hydrogen) atoms. The number of aromatic nitrogens is 3. The van der Waals surface area contributed by atoms with Gasteiger partial charge in [0.05, 0.1) is 12.7 Å². The molecule has 66 valence electrons. The minimum absolute atomic E-state index is 0.390. The van der Waals surface area contributed by atoms with Crippen LogP contribution in [0.2, 0.25) is 0 Å². The average molecular weight is 195 g/mol. The SMILES string of the molecule is COC(=O)c1ccnc2nnsc12. The maximum absolute atomic E-state index is 11.2. The van der Waals surface area contributed by atoms with Gasteiger partial charge in [-0.1, -0.05) is 4.49 Å². The van der Waals surface area contributed by atoms with Gasteiger partial charge in [-0.3, -0.25) is 0 Å². The molecular formula is C7H5N3O2S. The highest BCUT2D eigenvalue weighted by molar-refractivity contribution is 7.13. The summed E-state index contributed by atoms with van der Waals surface area (Å²) in [6.45, 7) is 0. The zero-order valence-electron chi connectivity index (χ0n) is 6.72. The average Bonchev–Trinajstić information content (AvgIpc) is 2.63. The predicted molar refractivity (Wildman–Crippen MR) is 46.5 cm³/mol. The van der Waals surface area contributed by atoms with Gasteiger partial charge in [0.15, 0.2) is 5.65 Å². The van der Waals surface area contributed by atoms with Gasteiger partial charge in [-0.25, -0.2) is 9.78 Å². The fourth-order valence-electron chi connectivity index (χ4n) is 0.969. The van der Waals surface area contributed by atoms with E-state index in [1.807, 2.05) is 0 Å². The monoisotopic (exact) mass is 195 g/mol. The molecule has 0 fully saturated rings. The second kappa shape index (κ2) is 3.06. The van der Waals surface area contributed by atoms with Gasteiger partial charge < -0.3 is 4.74 Å². The third kappa shape index (κ3) is 1.25. The molecule has 2 heterocycles. The number of methoxy groups -OCH3 is 1. The number of esters is 1. The van der Waals surface area contributed by atoms with E-state index >= 15 is 0 Å². The van der Waals surface area contributed by atoms with Crippen LogP contribution in [-0.4, -0.2) is 27.7 Å². The normalized spacial score (nSPS) is 10.2. The van der Waals surface area contributed by atoms with Crippen LogP contribution >= 0.6 is 11.5 Å². The second-order valence-electron chi connectivity index (χ2n) is 2.28. The minimum atomic E-state index is -0.390. The van der Waals surface area contributed by atoms with Crippen molar-refractivity contribution in [2.75, 3.05) is 7.11 Å². The van der Waals surface area contributed by atoms with E-state index in [2.05, 4.69) is 19.3 Å². The lowest BCUT2D eigenvalue weighted by Crippen LogP contribution is -2.01. The zero-order chi connectivity index (χ0) is 9.26. The number of ether oxygens (including phenoxy) is 1. The van der Waals surface area contributed by atoms with Gasteiger partial charge in [0, 0.05) is 6.20 Å². The van der Waals surface area contributed by atoms with Crippen LogP contribution in [0.25, 0.3) is 10.3 Å². The molecule has 0 spiro atoms. The fraction of sp³-hybridized carbons (Fsp3) is 0.143. The highest BCUT2D eigenvalue weighted by Gasteiger charge is 2.12. The number of carbonyl (C=O) groups is 1. The molecule has 0 atom stereocenters. The van der Waals surface area contributed by atoms with E-state index in [0.717, 1.165) is 11.5 Å². The van der Waals surface area contributed by atoms with E-state index in [9.17, 15) is 4.79 Å². The third-order valence-electron chi connectivity index (χ3n) is 1.56. The lowest BCUT2D eigenvalue weighted by Gasteiger charge is -1.97. The summed E-state index contributed by atoms with van der Waals surface area (Å²) in [4.78, 5) is 15.2. The second-order valence-corrected chi connectivity index (χ2v) is 3.03. The first-order valence-electron chi connectivity index (χ1n) is 3.48. The molecule has 0 aliphatic carbocycles. The van der Waals surface area contributed by atoms with Crippen LogP contribution in [0, 0.1) is 0 Å². The minimum Gasteiger partial charge on any atom is -0.465 e. The lowest BCUT2D eigenvalue weighted by molar-refractivity contribution is 0.0603. The standard InChI is InChI=1S/C7H5N3O2S/c1-12-7(11)4-2-3-8-6-5(4)13-10-9-6/h2-3H,1H3. The maximum atomic E-state index is 11.2. The van der Waals surface area contributed by atoms with Gasteiger partial charge in [0.2, 0.25) is 0 Å². The maximum Gasteiger partial charge on any atom is 0.339 e. The molecule has 0 unspecified atom stereocenters. The van der Waals surface area contributed by atoms with Crippen molar-refractivity contribution in [1.82, 2.24) is 14.6 Å². The van der Waals surface area contributed by atoms with Crippen molar-refractivity contribution in [3.63, 3.8) is 0 Å². The van der Waals surface area contributed by atoms with E-state index in [4.69, 9.17) is 0 Å². The van der Waals surface area contributed by atoms with E-state index < -0.39 is 5.97 Å². The summed E-state index contributed by atoms with van der Waals surface area (Å²) in [7, 11) is 1.34. The van der Waals surface area contributed by atoms with Crippen LogP contribution in [0.15, 0.2) is 12.3 Å². The first-order valence-corrected chi connectivity index (χ1v) is 4.25. The number of fused-ring (bicyclic) bond motifs is 1. The Labute approximate surface area is 77.5 Å². The van der Waals surface area contributed by atoms with Crippen molar-refractivity contribution in [2.24, 2.45) is 0 Å². The first-order chi connectivity index (χ1) is 6.33. The molecule has 2 aromatic heterocycles. The predicted octanol–water partition coefficient (Wildman–Crippen LogP) is 0.873. The number of nitrogens with zero attached hydrogens (tertiary/aromatic N) is 3. The lowest BCUT2D eigenvalue weighted by atomic mass is 10.3. The van der Waals surface area contributed by atoms with E-state index in [0.29, 0.717) is 15.9 Å². The van der Waals surface area contributed by atoms with E-state index in [1.165, 1.54) is 13.3 Å². The molecule has 2 rings (SSSR count). The van der Waals surface area contributed by atoms with Crippen LogP contribution in [0.5, 0.6) is 0 Å². The Hall–Kier alpha value is -1.56. The van der Waals surface area contributed by atoms with Crippen molar-refractivity contribution >= 4 is 27.8 Å². The quantitative estimate of drug-likeness (QED) is 0.632. The summed E-state index contributed by atoms with van der Waals surface area (Å²) in [6.07, 6.45) is 1.51. The Morgan fingerprint density at radius 2 is 2.46 bits per heavy atom. The van der Waals surface area contributed by atoms with Crippen molar-refractivity contribution in [1.29, 1.82) is 0 Å². The molecule has 0 saturated carbocycles. The Morgan fingerprint density at radius 1 is 1.62 bits per heavy atom. The van der Waals surface area contributed by atoms with Gasteiger partial charge in [-0.15, -0.1) is 5.10 Å². The molecular weight excluding hydrogens is 190 g/mol. The Morgan fingerprint density at radius 3 is 3.23 bits per heavy atom. The third-order valence-corrected chi connectivity index (χ3v) is 2.31. The van der Waals surface area contributed by atoms with E-state index in [1.54, 1.807) is 6.07 Å². The number of pyridine rings is 1. The summed E-state index contributed by atoms with van der Waals surface area (Å²) in [5.41, 5.74) is 0.940. The van der Waals surface area contributed by atoms with Crippen LogP contribution in [-0.2, 0) is 4.74 Å². The molecule has 0 aromatic carbocycles. The molecule has 6 heteroatoms. The largest absolute Gasteiger partial charge is 0.465 e. The summed E-state index contributed by atoms with van der Waals surface area (Å²) in [6, 6.07) is 1.59. The summed E-state index contributed by atoms with van der Waals surface area (Å²) < 4.78 is 8.96. The summed E-state index contributed by atoms with van der Waals surface area (Å²) >= 11 is 1.13. The number of carbonyl (C=O) groups excluding carboxylic acids is 1. The van der Waals surface area contributed by atoms with Gasteiger partial charge in [0.25, 0.3) is 0 Å². The molecule has 5 nitrogen and oxygen atoms in total. The van der Waals surface area contributed by atoms with Crippen LogP contribution < -0.4 is 0 Å². The van der Waals surface area contributed by atoms with E-state index in [-0.39, 0.29) is 0 Å². The smallest absolute Gasteiger partial charge is 0.339 e. The van der Waals surface area contributed by atoms with Crippen molar-refractivity contribution in [3.05, 3.63) is 17.8 Å². The summed E-state index contributed by atoms with van der Waals surface area (Å²) in [5, 5.41) is 3.75. The van der Waals surface area contributed by atoms with Gasteiger partial charge in [0.1, 0.15) is 4.70 Å². The molecule has 0 radical (unpaired) electrons. The fourth-order valence-corrected chi connectivity index (χ4v) is 1.59. The molecule has 0 bridgehead atoms. The molecule has 0 saturated heterocycles. The molecule has 0 aliphatic heterocycles. The number of hydrogen-bond donors (Lipinski definition) is 0. The van der Waals surface area contributed by atoms with Crippen LogP contribution in [0.1, 0.15) is 10.4 Å². The Kier molecular flexibility index (Phi) is 1.90. The molecule has 2 aromatic rings. The van der Waals surface area contributed by atoms with Gasteiger partial charge in [-0.05, 0) is 17.6 Å². The molecule has 0 N–H and O–H groups in total. The van der Waals surface area contributed by atoms with Crippen molar-refractivity contribution in [3.8, 4) is 0 Å². The number of rotatable bonds is 1. The highest BCUT2D eigenvalue weighted by atomic mass is 32.1. The highest BCUT2D eigenvalue weighted by Crippen LogP contribution is 2.18. The Bertz CT molecular complexity index is 454. The Balaban J connectivity index is 2.67. The zero-order valence-corrected chi connectivity index (χ0v) is 7.54. The summed E-state index contributed by atoms with van der Waals surface area (Å²) in [5.74, 6) is -0.390.